The summed E-state index contributed by atoms with van der Waals surface area (Å²) in [6.07, 6.45) is 2.35. The summed E-state index contributed by atoms with van der Waals surface area (Å²) in [6, 6.07) is 17.8. The molecular formula is C27H25N3O5. The SMILES string of the molecule is CCc1ccc(N2C(=O)C3C(c4ccccn4)NC(Cc4ccc(O)cc4)(C(=O)O)C3C2=O)cc1. The Bertz CT molecular complexity index is 1280. The van der Waals surface area contributed by atoms with Gasteiger partial charge in [0.2, 0.25) is 11.8 Å². The van der Waals surface area contributed by atoms with Crippen LogP contribution in [-0.4, -0.2) is 38.5 Å². The first-order chi connectivity index (χ1) is 16.9. The molecule has 2 aliphatic rings. The molecule has 2 aliphatic heterocycles. The number of hydrogen-bond acceptors (Lipinski definition) is 6. The number of amides is 2. The Morgan fingerprint density at radius 1 is 1.00 bits per heavy atom. The lowest BCUT2D eigenvalue weighted by atomic mass is 9.76. The fourth-order valence-electron chi connectivity index (χ4n) is 5.32. The molecule has 3 heterocycles. The zero-order valence-electron chi connectivity index (χ0n) is 19.1. The van der Waals surface area contributed by atoms with E-state index in [1.54, 1.807) is 48.7 Å². The Hall–Kier alpha value is -4.04. The maximum Gasteiger partial charge on any atom is 0.325 e. The van der Waals surface area contributed by atoms with Crippen molar-refractivity contribution in [2.45, 2.75) is 31.3 Å². The number of nitrogens with zero attached hydrogens (tertiary/aromatic N) is 2. The zero-order chi connectivity index (χ0) is 24.7. The number of fused-ring (bicyclic) bond motifs is 1. The summed E-state index contributed by atoms with van der Waals surface area (Å²) in [5.41, 5.74) is 0.864. The van der Waals surface area contributed by atoms with Crippen molar-refractivity contribution in [1.29, 1.82) is 0 Å². The Morgan fingerprint density at radius 3 is 2.29 bits per heavy atom. The zero-order valence-corrected chi connectivity index (χ0v) is 19.1. The smallest absolute Gasteiger partial charge is 0.325 e. The fraction of sp³-hybridized carbons (Fsp3) is 0.259. The molecule has 5 rings (SSSR count). The number of nitrogens with one attached hydrogen (secondary N) is 1. The lowest BCUT2D eigenvalue weighted by molar-refractivity contribution is -0.148. The van der Waals surface area contributed by atoms with Gasteiger partial charge in [-0.25, -0.2) is 4.90 Å². The van der Waals surface area contributed by atoms with Gasteiger partial charge in [-0.1, -0.05) is 37.3 Å². The molecule has 2 aromatic carbocycles. The molecule has 1 aromatic heterocycles. The van der Waals surface area contributed by atoms with Crippen LogP contribution in [0.1, 0.15) is 29.8 Å². The Morgan fingerprint density at radius 2 is 1.69 bits per heavy atom. The number of benzene rings is 2. The van der Waals surface area contributed by atoms with Gasteiger partial charge in [-0.2, -0.15) is 0 Å². The fourth-order valence-corrected chi connectivity index (χ4v) is 5.32. The Kier molecular flexibility index (Phi) is 5.61. The summed E-state index contributed by atoms with van der Waals surface area (Å²) in [6.45, 7) is 2.01. The quantitative estimate of drug-likeness (QED) is 0.473. The molecule has 178 valence electrons. The van der Waals surface area contributed by atoms with Gasteiger partial charge < -0.3 is 10.2 Å². The largest absolute Gasteiger partial charge is 0.508 e. The van der Waals surface area contributed by atoms with Crippen molar-refractivity contribution in [1.82, 2.24) is 10.3 Å². The molecule has 4 atom stereocenters. The molecule has 0 aliphatic carbocycles. The van der Waals surface area contributed by atoms with Gasteiger partial charge in [0.1, 0.15) is 11.3 Å². The third kappa shape index (κ3) is 3.66. The van der Waals surface area contributed by atoms with Gasteiger partial charge in [-0.15, -0.1) is 0 Å². The number of hydrogen-bond donors (Lipinski definition) is 3. The second-order valence-electron chi connectivity index (χ2n) is 9.03. The van der Waals surface area contributed by atoms with E-state index in [2.05, 4.69) is 10.3 Å². The molecule has 3 aromatic rings. The minimum Gasteiger partial charge on any atom is -0.508 e. The monoisotopic (exact) mass is 471 g/mol. The molecule has 2 fully saturated rings. The maximum absolute atomic E-state index is 13.8. The van der Waals surface area contributed by atoms with E-state index in [4.69, 9.17) is 0 Å². The Labute approximate surface area is 202 Å². The van der Waals surface area contributed by atoms with Crippen molar-refractivity contribution in [3.63, 3.8) is 0 Å². The van der Waals surface area contributed by atoms with Crippen LogP contribution in [0.15, 0.2) is 72.9 Å². The second-order valence-corrected chi connectivity index (χ2v) is 9.03. The molecule has 0 bridgehead atoms. The molecular weight excluding hydrogens is 446 g/mol. The second kappa shape index (κ2) is 8.63. The normalized spacial score (nSPS) is 25.6. The highest BCUT2D eigenvalue weighted by molar-refractivity contribution is 6.24. The number of aromatic nitrogens is 1. The molecule has 2 saturated heterocycles. The summed E-state index contributed by atoms with van der Waals surface area (Å²) in [5, 5.41) is 23.3. The van der Waals surface area contributed by atoms with E-state index in [9.17, 15) is 24.6 Å². The van der Waals surface area contributed by atoms with Crippen LogP contribution < -0.4 is 10.2 Å². The molecule has 8 nitrogen and oxygen atoms in total. The summed E-state index contributed by atoms with van der Waals surface area (Å²) in [4.78, 5) is 46.0. The molecule has 8 heteroatoms. The number of imide groups is 1. The maximum atomic E-state index is 13.8. The topological polar surface area (TPSA) is 120 Å². The highest BCUT2D eigenvalue weighted by atomic mass is 16.4. The van der Waals surface area contributed by atoms with Crippen molar-refractivity contribution < 1.29 is 24.6 Å². The number of phenols is 1. The number of aryl methyl sites for hydroxylation is 1. The van der Waals surface area contributed by atoms with Crippen LogP contribution in [0.2, 0.25) is 0 Å². The van der Waals surface area contributed by atoms with Gasteiger partial charge in [-0.3, -0.25) is 24.7 Å². The summed E-state index contributed by atoms with van der Waals surface area (Å²) in [7, 11) is 0. The predicted octanol–water partition coefficient (Wildman–Crippen LogP) is 2.87. The molecule has 4 unspecified atom stereocenters. The number of aliphatic carboxylic acids is 1. The van der Waals surface area contributed by atoms with E-state index >= 15 is 0 Å². The molecule has 0 saturated carbocycles. The van der Waals surface area contributed by atoms with Crippen LogP contribution in [0.3, 0.4) is 0 Å². The van der Waals surface area contributed by atoms with Crippen molar-refractivity contribution in [2.24, 2.45) is 11.8 Å². The van der Waals surface area contributed by atoms with Crippen LogP contribution in [0.4, 0.5) is 5.69 Å². The third-order valence-corrected chi connectivity index (χ3v) is 7.06. The van der Waals surface area contributed by atoms with E-state index in [0.29, 0.717) is 16.9 Å². The number of aromatic hydroxyl groups is 1. The van der Waals surface area contributed by atoms with E-state index in [1.807, 2.05) is 19.1 Å². The van der Waals surface area contributed by atoms with Crippen molar-refractivity contribution >= 4 is 23.5 Å². The molecule has 0 radical (unpaired) electrons. The molecule has 3 N–H and O–H groups in total. The van der Waals surface area contributed by atoms with Crippen LogP contribution in [0.25, 0.3) is 0 Å². The first-order valence-electron chi connectivity index (χ1n) is 11.5. The first-order valence-corrected chi connectivity index (χ1v) is 11.5. The van der Waals surface area contributed by atoms with Crippen LogP contribution in [0, 0.1) is 11.8 Å². The standard InChI is InChI=1S/C27H25N3O5/c1-2-16-6-10-18(11-7-16)30-24(32)21-22(25(30)33)27(26(34)35,15-17-8-12-19(31)13-9-17)29-23(21)20-5-3-4-14-28-20/h3-14,21-23,29,31H,2,15H2,1H3,(H,34,35). The van der Waals surface area contributed by atoms with Gasteiger partial charge in [0, 0.05) is 12.6 Å². The average molecular weight is 472 g/mol. The van der Waals surface area contributed by atoms with Crippen LogP contribution >= 0.6 is 0 Å². The van der Waals surface area contributed by atoms with Crippen molar-refractivity contribution in [3.05, 3.63) is 89.7 Å². The molecule has 35 heavy (non-hydrogen) atoms. The first kappa shape index (κ1) is 22.7. The lowest BCUT2D eigenvalue weighted by Gasteiger charge is -2.31. The molecule has 0 spiro atoms. The van der Waals surface area contributed by atoms with E-state index in [0.717, 1.165) is 16.9 Å². The van der Waals surface area contributed by atoms with Gasteiger partial charge in [0.15, 0.2) is 0 Å². The Balaban J connectivity index is 1.63. The summed E-state index contributed by atoms with van der Waals surface area (Å²) in [5.74, 6) is -4.23. The minimum atomic E-state index is -1.74. The molecule has 2 amide bonds. The number of rotatable bonds is 6. The van der Waals surface area contributed by atoms with Crippen molar-refractivity contribution in [3.8, 4) is 5.75 Å². The summed E-state index contributed by atoms with van der Waals surface area (Å²) < 4.78 is 0. The number of pyridine rings is 1. The minimum absolute atomic E-state index is 0.0469. The van der Waals surface area contributed by atoms with Crippen molar-refractivity contribution in [2.75, 3.05) is 4.90 Å². The number of carbonyl (C=O) groups is 3. The van der Waals surface area contributed by atoms with Crippen LogP contribution in [0.5, 0.6) is 5.75 Å². The number of carboxylic acid groups (broad SMARTS) is 1. The van der Waals surface area contributed by atoms with E-state index in [1.165, 1.54) is 12.1 Å². The number of carbonyl (C=O) groups excluding carboxylic acids is 2. The lowest BCUT2D eigenvalue weighted by Crippen LogP contribution is -2.57. The average Bonchev–Trinajstić information content (AvgIpc) is 3.35. The number of carboxylic acids is 1. The van der Waals surface area contributed by atoms with E-state index < -0.39 is 41.2 Å². The number of anilines is 1. The van der Waals surface area contributed by atoms with Gasteiger partial charge in [0.05, 0.1) is 29.3 Å². The van der Waals surface area contributed by atoms with Gasteiger partial charge in [0.25, 0.3) is 0 Å². The summed E-state index contributed by atoms with van der Waals surface area (Å²) >= 11 is 0. The van der Waals surface area contributed by atoms with Gasteiger partial charge in [-0.05, 0) is 53.9 Å². The number of phenolic OH excluding ortho intramolecular Hbond substituents is 1. The van der Waals surface area contributed by atoms with Crippen LogP contribution in [-0.2, 0) is 27.2 Å². The third-order valence-electron chi connectivity index (χ3n) is 7.06. The predicted molar refractivity (Wildman–Crippen MR) is 128 cm³/mol. The highest BCUT2D eigenvalue weighted by Gasteiger charge is 2.68. The highest BCUT2D eigenvalue weighted by Crippen LogP contribution is 2.50. The van der Waals surface area contributed by atoms with E-state index in [-0.39, 0.29) is 12.2 Å². The van der Waals surface area contributed by atoms with Gasteiger partial charge >= 0.3 is 5.97 Å².